The monoisotopic (exact) mass is 362 g/mol. The first-order chi connectivity index (χ1) is 13.0. The minimum absolute atomic E-state index is 0.287. The third kappa shape index (κ3) is 3.78. The lowest BCUT2D eigenvalue weighted by Gasteiger charge is -2.42. The predicted octanol–water partition coefficient (Wildman–Crippen LogP) is 4.45. The van der Waals surface area contributed by atoms with Gasteiger partial charge in [0.2, 0.25) is 0 Å². The molecule has 4 rings (SSSR count). The SMILES string of the molecule is Cc1ccc(CN2CCN(C(C)C)CC2c2nc3ccccc3[nH]2)cc1C. The Labute approximate surface area is 162 Å². The summed E-state index contributed by atoms with van der Waals surface area (Å²) in [5.74, 6) is 1.09. The fourth-order valence-electron chi connectivity index (χ4n) is 4.03. The number of H-pyrrole nitrogens is 1. The normalized spacial score (nSPS) is 19.2. The number of hydrogen-bond acceptors (Lipinski definition) is 3. The van der Waals surface area contributed by atoms with Gasteiger partial charge in [-0.2, -0.15) is 0 Å². The van der Waals surface area contributed by atoms with Crippen molar-refractivity contribution in [1.29, 1.82) is 0 Å². The van der Waals surface area contributed by atoms with E-state index in [0.29, 0.717) is 6.04 Å². The molecule has 0 radical (unpaired) electrons. The summed E-state index contributed by atoms with van der Waals surface area (Å²) in [6, 6.07) is 16.0. The maximum Gasteiger partial charge on any atom is 0.126 e. The molecule has 0 amide bonds. The summed E-state index contributed by atoms with van der Waals surface area (Å²) in [6.45, 7) is 13.1. The van der Waals surface area contributed by atoms with E-state index >= 15 is 0 Å². The zero-order valence-corrected chi connectivity index (χ0v) is 16.9. The molecule has 1 unspecified atom stereocenters. The standard InChI is InChI=1S/C23H30N4/c1-16(2)26-11-12-27(14-19-10-9-17(3)18(4)13-19)22(15-26)23-24-20-7-5-6-8-21(20)25-23/h5-10,13,16,22H,11-12,14-15H2,1-4H3,(H,24,25). The van der Waals surface area contributed by atoms with Crippen molar-refractivity contribution in [3.63, 3.8) is 0 Å². The Bertz CT molecular complexity index is 894. The molecule has 1 aromatic heterocycles. The first-order valence-corrected chi connectivity index (χ1v) is 10.00. The van der Waals surface area contributed by atoms with Gasteiger partial charge in [0, 0.05) is 32.2 Å². The van der Waals surface area contributed by atoms with Crippen molar-refractivity contribution in [3.05, 3.63) is 65.0 Å². The Balaban J connectivity index is 1.64. The van der Waals surface area contributed by atoms with Gasteiger partial charge < -0.3 is 4.98 Å². The van der Waals surface area contributed by atoms with Gasteiger partial charge in [0.05, 0.1) is 17.1 Å². The summed E-state index contributed by atoms with van der Waals surface area (Å²) < 4.78 is 0. The van der Waals surface area contributed by atoms with Crippen LogP contribution in [-0.2, 0) is 6.54 Å². The first-order valence-electron chi connectivity index (χ1n) is 10.00. The molecule has 1 N–H and O–H groups in total. The number of para-hydroxylation sites is 2. The number of hydrogen-bond donors (Lipinski definition) is 1. The third-order valence-corrected chi connectivity index (χ3v) is 5.93. The number of rotatable bonds is 4. The van der Waals surface area contributed by atoms with E-state index in [4.69, 9.17) is 4.98 Å². The van der Waals surface area contributed by atoms with Gasteiger partial charge >= 0.3 is 0 Å². The van der Waals surface area contributed by atoms with Crippen LogP contribution in [0.1, 0.15) is 42.4 Å². The average molecular weight is 363 g/mol. The molecule has 2 aromatic carbocycles. The molecule has 0 saturated carbocycles. The third-order valence-electron chi connectivity index (χ3n) is 5.93. The summed E-state index contributed by atoms with van der Waals surface area (Å²) >= 11 is 0. The maximum atomic E-state index is 4.93. The lowest BCUT2D eigenvalue weighted by atomic mass is 10.0. The van der Waals surface area contributed by atoms with Crippen LogP contribution in [0.2, 0.25) is 0 Å². The molecule has 142 valence electrons. The van der Waals surface area contributed by atoms with Crippen molar-refractivity contribution in [2.45, 2.75) is 46.3 Å². The molecule has 1 saturated heterocycles. The lowest BCUT2D eigenvalue weighted by Crippen LogP contribution is -2.50. The molecule has 3 aromatic rings. The number of benzene rings is 2. The van der Waals surface area contributed by atoms with E-state index in [1.807, 2.05) is 0 Å². The van der Waals surface area contributed by atoms with Gasteiger partial charge in [0.1, 0.15) is 5.82 Å². The van der Waals surface area contributed by atoms with Crippen molar-refractivity contribution >= 4 is 11.0 Å². The van der Waals surface area contributed by atoms with Gasteiger partial charge in [0.15, 0.2) is 0 Å². The molecule has 27 heavy (non-hydrogen) atoms. The number of aryl methyl sites for hydroxylation is 2. The van der Waals surface area contributed by atoms with Crippen LogP contribution in [0.5, 0.6) is 0 Å². The van der Waals surface area contributed by atoms with Crippen LogP contribution in [0, 0.1) is 13.8 Å². The van der Waals surface area contributed by atoms with Crippen molar-refractivity contribution in [2.24, 2.45) is 0 Å². The highest BCUT2D eigenvalue weighted by atomic mass is 15.3. The highest BCUT2D eigenvalue weighted by Crippen LogP contribution is 2.28. The number of aromatic nitrogens is 2. The highest BCUT2D eigenvalue weighted by molar-refractivity contribution is 5.74. The van der Waals surface area contributed by atoms with Crippen LogP contribution in [0.3, 0.4) is 0 Å². The van der Waals surface area contributed by atoms with Crippen LogP contribution in [0.4, 0.5) is 0 Å². The van der Waals surface area contributed by atoms with Gasteiger partial charge in [0.25, 0.3) is 0 Å². The smallest absolute Gasteiger partial charge is 0.126 e. The molecule has 0 bridgehead atoms. The number of imidazole rings is 1. The Kier molecular flexibility index (Phi) is 5.02. The minimum atomic E-state index is 0.287. The van der Waals surface area contributed by atoms with Crippen molar-refractivity contribution in [2.75, 3.05) is 19.6 Å². The Morgan fingerprint density at radius 1 is 1.07 bits per heavy atom. The van der Waals surface area contributed by atoms with Gasteiger partial charge in [-0.05, 0) is 56.5 Å². The Morgan fingerprint density at radius 2 is 1.89 bits per heavy atom. The topological polar surface area (TPSA) is 35.2 Å². The van der Waals surface area contributed by atoms with Crippen molar-refractivity contribution in [1.82, 2.24) is 19.8 Å². The Morgan fingerprint density at radius 3 is 2.63 bits per heavy atom. The number of aromatic amines is 1. The molecule has 0 aliphatic carbocycles. The molecule has 1 fully saturated rings. The molecule has 4 heteroatoms. The number of nitrogens with zero attached hydrogens (tertiary/aromatic N) is 3. The second-order valence-electron chi connectivity index (χ2n) is 8.13. The van der Waals surface area contributed by atoms with Gasteiger partial charge in [-0.25, -0.2) is 4.98 Å². The number of nitrogens with one attached hydrogen (secondary N) is 1. The minimum Gasteiger partial charge on any atom is -0.341 e. The van der Waals surface area contributed by atoms with Crippen LogP contribution in [-0.4, -0.2) is 45.4 Å². The van der Waals surface area contributed by atoms with E-state index in [1.54, 1.807) is 0 Å². The summed E-state index contributed by atoms with van der Waals surface area (Å²) in [5, 5.41) is 0. The second-order valence-corrected chi connectivity index (χ2v) is 8.13. The van der Waals surface area contributed by atoms with E-state index < -0.39 is 0 Å². The summed E-state index contributed by atoms with van der Waals surface area (Å²) in [6.07, 6.45) is 0. The molecular formula is C23H30N4. The summed E-state index contributed by atoms with van der Waals surface area (Å²) in [4.78, 5) is 13.7. The molecule has 1 aliphatic rings. The predicted molar refractivity (Wildman–Crippen MR) is 112 cm³/mol. The molecule has 2 heterocycles. The van der Waals surface area contributed by atoms with Crippen LogP contribution in [0.25, 0.3) is 11.0 Å². The fourth-order valence-corrected chi connectivity index (χ4v) is 4.03. The van der Waals surface area contributed by atoms with E-state index in [1.165, 1.54) is 16.7 Å². The first kappa shape index (κ1) is 18.2. The van der Waals surface area contributed by atoms with Gasteiger partial charge in [-0.15, -0.1) is 0 Å². The summed E-state index contributed by atoms with van der Waals surface area (Å²) in [5.41, 5.74) is 6.30. The number of piperazine rings is 1. The fraction of sp³-hybridized carbons (Fsp3) is 0.435. The zero-order chi connectivity index (χ0) is 19.0. The molecule has 0 spiro atoms. The van der Waals surface area contributed by atoms with E-state index in [2.05, 4.69) is 84.9 Å². The maximum absolute atomic E-state index is 4.93. The van der Waals surface area contributed by atoms with Gasteiger partial charge in [-0.3, -0.25) is 9.80 Å². The van der Waals surface area contributed by atoms with Crippen molar-refractivity contribution in [3.8, 4) is 0 Å². The largest absolute Gasteiger partial charge is 0.341 e. The van der Waals surface area contributed by atoms with Crippen molar-refractivity contribution < 1.29 is 0 Å². The van der Waals surface area contributed by atoms with Crippen LogP contribution < -0.4 is 0 Å². The lowest BCUT2D eigenvalue weighted by molar-refractivity contribution is 0.0471. The molecular weight excluding hydrogens is 332 g/mol. The highest BCUT2D eigenvalue weighted by Gasteiger charge is 2.31. The zero-order valence-electron chi connectivity index (χ0n) is 16.9. The van der Waals surface area contributed by atoms with Crippen LogP contribution >= 0.6 is 0 Å². The van der Waals surface area contributed by atoms with E-state index in [9.17, 15) is 0 Å². The second kappa shape index (κ2) is 7.45. The van der Waals surface area contributed by atoms with E-state index in [0.717, 1.165) is 43.0 Å². The average Bonchev–Trinajstić information content (AvgIpc) is 3.09. The molecule has 1 atom stereocenters. The quantitative estimate of drug-likeness (QED) is 0.745. The number of fused-ring (bicyclic) bond motifs is 1. The van der Waals surface area contributed by atoms with E-state index in [-0.39, 0.29) is 6.04 Å². The Hall–Kier alpha value is -2.17. The molecule has 4 nitrogen and oxygen atoms in total. The van der Waals surface area contributed by atoms with Gasteiger partial charge in [-0.1, -0.05) is 30.3 Å². The summed E-state index contributed by atoms with van der Waals surface area (Å²) in [7, 11) is 0. The molecule has 1 aliphatic heterocycles. The van der Waals surface area contributed by atoms with Crippen LogP contribution in [0.15, 0.2) is 42.5 Å².